The Morgan fingerprint density at radius 2 is 1.77 bits per heavy atom. The van der Waals surface area contributed by atoms with Crippen molar-refractivity contribution in [1.82, 2.24) is 9.80 Å². The van der Waals surface area contributed by atoms with Gasteiger partial charge < -0.3 is 9.84 Å². The predicted molar refractivity (Wildman–Crippen MR) is 119 cm³/mol. The van der Waals surface area contributed by atoms with Gasteiger partial charge in [-0.1, -0.05) is 19.1 Å². The van der Waals surface area contributed by atoms with Gasteiger partial charge in [-0.05, 0) is 49.3 Å². The van der Waals surface area contributed by atoms with E-state index in [1.807, 2.05) is 12.1 Å². The summed E-state index contributed by atoms with van der Waals surface area (Å²) < 4.78 is 36.9. The maximum Gasteiger partial charge on any atom is 0.490 e. The summed E-state index contributed by atoms with van der Waals surface area (Å²) in [4.78, 5) is 52.5. The topological polar surface area (TPSA) is 104 Å². The Balaban J connectivity index is 0.000000429. The first-order chi connectivity index (χ1) is 16.4. The predicted octanol–water partition coefficient (Wildman–Crippen LogP) is 3.12. The molecule has 1 aromatic rings. The van der Waals surface area contributed by atoms with E-state index in [1.54, 1.807) is 11.8 Å². The summed E-state index contributed by atoms with van der Waals surface area (Å²) in [5.74, 6) is -3.82. The number of amides is 2. The molecule has 3 aliphatic rings. The van der Waals surface area contributed by atoms with Crippen molar-refractivity contribution in [3.63, 3.8) is 0 Å². The van der Waals surface area contributed by atoms with Gasteiger partial charge in [-0.2, -0.15) is 13.2 Å². The Morgan fingerprint density at radius 1 is 1.17 bits per heavy atom. The minimum Gasteiger partial charge on any atom is -0.475 e. The fourth-order valence-corrected chi connectivity index (χ4v) is 6.09. The average Bonchev–Trinajstić information content (AvgIpc) is 3.25. The molecule has 3 fully saturated rings. The molecule has 0 aromatic heterocycles. The molecule has 0 unspecified atom stereocenters. The van der Waals surface area contributed by atoms with E-state index in [-0.39, 0.29) is 23.8 Å². The van der Waals surface area contributed by atoms with Gasteiger partial charge in [0.15, 0.2) is 0 Å². The third-order valence-electron chi connectivity index (χ3n) is 6.80. The first-order valence-electron chi connectivity index (χ1n) is 11.1. The molecular weight excluding hydrogens is 489 g/mol. The number of nitrogens with zero attached hydrogens (tertiary/aromatic N) is 2. The van der Waals surface area contributed by atoms with Crippen LogP contribution in [0.15, 0.2) is 29.2 Å². The maximum atomic E-state index is 13.1. The minimum absolute atomic E-state index is 0.190. The number of alkyl halides is 3. The van der Waals surface area contributed by atoms with Gasteiger partial charge in [-0.15, -0.1) is 11.8 Å². The minimum atomic E-state index is -5.08. The van der Waals surface area contributed by atoms with Gasteiger partial charge in [0.1, 0.15) is 5.54 Å². The quantitative estimate of drug-likeness (QED) is 0.370. The largest absolute Gasteiger partial charge is 0.490 e. The number of piperidine rings is 1. The Morgan fingerprint density at radius 3 is 2.29 bits per heavy atom. The van der Waals surface area contributed by atoms with Crippen LogP contribution >= 0.6 is 11.8 Å². The number of esters is 1. The van der Waals surface area contributed by atoms with Crippen molar-refractivity contribution in [2.24, 2.45) is 11.8 Å². The lowest BCUT2D eigenvalue weighted by Gasteiger charge is -2.44. The summed E-state index contributed by atoms with van der Waals surface area (Å²) in [6.45, 7) is 2.79. The first-order valence-corrected chi connectivity index (χ1v) is 12.1. The van der Waals surface area contributed by atoms with E-state index in [0.29, 0.717) is 13.0 Å². The summed E-state index contributed by atoms with van der Waals surface area (Å²) in [5.41, 5.74) is -0.0592. The van der Waals surface area contributed by atoms with Crippen LogP contribution in [0.5, 0.6) is 0 Å². The van der Waals surface area contributed by atoms with Gasteiger partial charge >= 0.3 is 18.1 Å². The summed E-state index contributed by atoms with van der Waals surface area (Å²) in [7, 11) is 2.90. The molecular formula is C23H27F3N2O6S. The SMILES string of the molecule is CCSc1ccc([C@@H]2[C@@H]3C(=O)N(C)C(=O)[C@@H]3[C@]3(C(=O)OC)CCCCN23)cc1.O=C(O)C(F)(F)F. The highest BCUT2D eigenvalue weighted by atomic mass is 32.2. The lowest BCUT2D eigenvalue weighted by Crippen LogP contribution is -2.59. The van der Waals surface area contributed by atoms with Crippen LogP contribution in [0.1, 0.15) is 37.8 Å². The van der Waals surface area contributed by atoms with Crippen LogP contribution in [0.25, 0.3) is 0 Å². The molecule has 12 heteroatoms. The molecule has 3 saturated heterocycles. The number of halogens is 3. The van der Waals surface area contributed by atoms with E-state index in [4.69, 9.17) is 14.6 Å². The number of hydrogen-bond donors (Lipinski definition) is 1. The number of aliphatic carboxylic acids is 1. The van der Waals surface area contributed by atoms with Gasteiger partial charge in [0.05, 0.1) is 18.9 Å². The number of rotatable bonds is 4. The fraction of sp³-hybridized carbons (Fsp3) is 0.565. The summed E-state index contributed by atoms with van der Waals surface area (Å²) in [5, 5.41) is 7.12. The van der Waals surface area contributed by atoms with Gasteiger partial charge in [0.2, 0.25) is 11.8 Å². The molecule has 2 amide bonds. The zero-order valence-corrected chi connectivity index (χ0v) is 20.3. The molecule has 3 heterocycles. The monoisotopic (exact) mass is 516 g/mol. The molecule has 1 aromatic carbocycles. The highest BCUT2D eigenvalue weighted by molar-refractivity contribution is 7.99. The van der Waals surface area contributed by atoms with Crippen molar-refractivity contribution in [3.05, 3.63) is 29.8 Å². The average molecular weight is 517 g/mol. The summed E-state index contributed by atoms with van der Waals surface area (Å²) in [6.07, 6.45) is -2.75. The number of thioether (sulfide) groups is 1. The second-order valence-corrected chi connectivity index (χ2v) is 9.89. The zero-order valence-electron chi connectivity index (χ0n) is 19.5. The van der Waals surface area contributed by atoms with Gasteiger partial charge in [0.25, 0.3) is 0 Å². The molecule has 35 heavy (non-hydrogen) atoms. The van der Waals surface area contributed by atoms with Crippen molar-refractivity contribution in [3.8, 4) is 0 Å². The van der Waals surface area contributed by atoms with Crippen LogP contribution in [-0.4, -0.2) is 76.8 Å². The number of carbonyl (C=O) groups excluding carboxylic acids is 3. The van der Waals surface area contributed by atoms with Crippen LogP contribution in [0, 0.1) is 11.8 Å². The number of likely N-dealkylation sites (tertiary alicyclic amines) is 1. The van der Waals surface area contributed by atoms with Crippen molar-refractivity contribution in [2.75, 3.05) is 26.5 Å². The molecule has 0 radical (unpaired) electrons. The number of hydrogen-bond acceptors (Lipinski definition) is 7. The first kappa shape index (κ1) is 27.0. The van der Waals surface area contributed by atoms with Gasteiger partial charge in [-0.3, -0.25) is 24.2 Å². The molecule has 4 atom stereocenters. The van der Waals surface area contributed by atoms with Gasteiger partial charge in [0, 0.05) is 18.0 Å². The van der Waals surface area contributed by atoms with E-state index in [1.165, 1.54) is 24.0 Å². The molecule has 0 bridgehead atoms. The van der Waals surface area contributed by atoms with Crippen molar-refractivity contribution < 1.29 is 42.2 Å². The van der Waals surface area contributed by atoms with Crippen LogP contribution in [0.2, 0.25) is 0 Å². The van der Waals surface area contributed by atoms with Crippen molar-refractivity contribution >= 4 is 35.5 Å². The standard InChI is InChI=1S/C21H26N2O4S.C2HF3O2/c1-4-28-14-9-7-13(8-10-14)17-15-16(19(25)22(2)18(15)24)21(20(26)27-3)11-5-6-12-23(17)21;3-2(4,5)1(6)7/h7-10,15-17H,4-6,11-12H2,1-3H3;(H,6,7)/t15-,16-,17-,21+;/m1./s1. The van der Waals surface area contributed by atoms with E-state index in [9.17, 15) is 27.6 Å². The molecule has 3 aliphatic heterocycles. The third-order valence-corrected chi connectivity index (χ3v) is 7.69. The second-order valence-electron chi connectivity index (χ2n) is 8.56. The smallest absolute Gasteiger partial charge is 0.475 e. The molecule has 0 aliphatic carbocycles. The molecule has 192 valence electrons. The second kappa shape index (κ2) is 10.2. The lowest BCUT2D eigenvalue weighted by molar-refractivity contribution is -0.192. The molecule has 0 spiro atoms. The number of imide groups is 1. The highest BCUT2D eigenvalue weighted by Crippen LogP contribution is 2.58. The van der Waals surface area contributed by atoms with Crippen LogP contribution in [0.3, 0.4) is 0 Å². The number of carboxylic acid groups (broad SMARTS) is 1. The van der Waals surface area contributed by atoms with Crippen molar-refractivity contribution in [2.45, 2.75) is 48.8 Å². The normalized spacial score (nSPS) is 28.2. The number of carboxylic acids is 1. The zero-order chi connectivity index (χ0) is 26.1. The Bertz CT molecular complexity index is 1000. The van der Waals surface area contributed by atoms with Gasteiger partial charge in [-0.25, -0.2) is 4.79 Å². The number of fused-ring (bicyclic) bond motifs is 3. The molecule has 8 nitrogen and oxygen atoms in total. The maximum absolute atomic E-state index is 13.1. The Kier molecular flexibility index (Phi) is 7.85. The molecule has 0 saturated carbocycles. The number of carbonyl (C=O) groups is 4. The summed E-state index contributed by atoms with van der Waals surface area (Å²) in [6, 6.07) is 7.92. The number of methoxy groups -OCH3 is 1. The molecule has 4 rings (SSSR count). The van der Waals surface area contributed by atoms with Crippen LogP contribution in [0.4, 0.5) is 13.2 Å². The van der Waals surface area contributed by atoms with E-state index in [2.05, 4.69) is 24.0 Å². The summed E-state index contributed by atoms with van der Waals surface area (Å²) >= 11 is 1.76. The third kappa shape index (κ3) is 4.65. The van der Waals surface area contributed by atoms with E-state index in [0.717, 1.165) is 24.2 Å². The highest BCUT2D eigenvalue weighted by Gasteiger charge is 2.72. The fourth-order valence-electron chi connectivity index (χ4n) is 5.43. The van der Waals surface area contributed by atoms with Crippen molar-refractivity contribution in [1.29, 1.82) is 0 Å². The van der Waals surface area contributed by atoms with Crippen LogP contribution < -0.4 is 0 Å². The van der Waals surface area contributed by atoms with E-state index >= 15 is 0 Å². The van der Waals surface area contributed by atoms with E-state index < -0.39 is 29.5 Å². The lowest BCUT2D eigenvalue weighted by atomic mass is 9.75. The number of ether oxygens (including phenoxy) is 1. The van der Waals surface area contributed by atoms with Crippen LogP contribution in [-0.2, 0) is 23.9 Å². The number of benzene rings is 1. The Labute approximate surface area is 204 Å². The molecule has 1 N–H and O–H groups in total. The Hall–Kier alpha value is -2.60.